The summed E-state index contributed by atoms with van der Waals surface area (Å²) >= 11 is 0. The summed E-state index contributed by atoms with van der Waals surface area (Å²) in [6.45, 7) is 0. The van der Waals surface area contributed by atoms with Crippen molar-refractivity contribution in [3.05, 3.63) is 47.9 Å². The number of para-hydroxylation sites is 1. The van der Waals surface area contributed by atoms with Crippen LogP contribution < -0.4 is 10.6 Å². The first-order valence-corrected chi connectivity index (χ1v) is 5.55. The number of anilines is 2. The number of amides is 1. The molecule has 0 atom stereocenters. The quantitative estimate of drug-likeness (QED) is 0.867. The predicted octanol–water partition coefficient (Wildman–Crippen LogP) is 1.64. The summed E-state index contributed by atoms with van der Waals surface area (Å²) in [6.07, 6.45) is 2.88. The Morgan fingerprint density at radius 2 is 2.11 bits per heavy atom. The van der Waals surface area contributed by atoms with E-state index in [0.29, 0.717) is 17.1 Å². The van der Waals surface area contributed by atoms with E-state index in [1.165, 1.54) is 12.4 Å². The molecule has 1 amide bonds. The van der Waals surface area contributed by atoms with Crippen LogP contribution in [0.1, 0.15) is 16.1 Å². The van der Waals surface area contributed by atoms with Gasteiger partial charge in [-0.3, -0.25) is 9.78 Å². The van der Waals surface area contributed by atoms with Gasteiger partial charge in [0.15, 0.2) is 0 Å². The second-order valence-electron chi connectivity index (χ2n) is 3.65. The van der Waals surface area contributed by atoms with Crippen LogP contribution in [0.2, 0.25) is 0 Å². The molecule has 1 aromatic carbocycles. The third-order valence-electron chi connectivity index (χ3n) is 2.42. The molecule has 1 heterocycles. The molecule has 0 fully saturated rings. The third-order valence-corrected chi connectivity index (χ3v) is 2.42. The van der Waals surface area contributed by atoms with Gasteiger partial charge in [-0.05, 0) is 12.1 Å². The van der Waals surface area contributed by atoms with Crippen molar-refractivity contribution in [2.75, 3.05) is 17.7 Å². The van der Waals surface area contributed by atoms with Crippen molar-refractivity contribution in [1.29, 1.82) is 5.26 Å². The third kappa shape index (κ3) is 2.84. The minimum Gasteiger partial charge on any atom is -0.372 e. The lowest BCUT2D eigenvalue weighted by atomic mass is 10.2. The summed E-state index contributed by atoms with van der Waals surface area (Å²) in [5.74, 6) is 0.0912. The maximum Gasteiger partial charge on any atom is 0.275 e. The normalized spacial score (nSPS) is 9.47. The molecular weight excluding hydrogens is 242 g/mol. The number of aromatic nitrogens is 2. The minimum absolute atomic E-state index is 0.180. The van der Waals surface area contributed by atoms with Gasteiger partial charge in [0, 0.05) is 7.05 Å². The molecule has 6 nitrogen and oxygen atoms in total. The fourth-order valence-corrected chi connectivity index (χ4v) is 1.47. The number of nitriles is 1. The smallest absolute Gasteiger partial charge is 0.275 e. The second kappa shape index (κ2) is 5.60. The van der Waals surface area contributed by atoms with Gasteiger partial charge < -0.3 is 10.6 Å². The van der Waals surface area contributed by atoms with Gasteiger partial charge in [-0.25, -0.2) is 4.98 Å². The van der Waals surface area contributed by atoms with Crippen molar-refractivity contribution >= 4 is 17.4 Å². The molecule has 2 N–H and O–H groups in total. The standard InChI is InChI=1S/C13H11N5O/c1-15-12-8-16-7-11(17-12)13(19)18-10-5-3-2-4-9(10)6-14/h2-5,7-8H,1H3,(H,15,17)(H,18,19). The van der Waals surface area contributed by atoms with E-state index >= 15 is 0 Å². The van der Waals surface area contributed by atoms with E-state index in [2.05, 4.69) is 20.6 Å². The van der Waals surface area contributed by atoms with Crippen LogP contribution in [-0.2, 0) is 0 Å². The predicted molar refractivity (Wildman–Crippen MR) is 70.7 cm³/mol. The first-order valence-electron chi connectivity index (χ1n) is 5.55. The zero-order valence-electron chi connectivity index (χ0n) is 10.2. The highest BCUT2D eigenvalue weighted by atomic mass is 16.1. The Morgan fingerprint density at radius 3 is 2.84 bits per heavy atom. The first-order chi connectivity index (χ1) is 9.24. The maximum atomic E-state index is 12.0. The zero-order chi connectivity index (χ0) is 13.7. The summed E-state index contributed by atoms with van der Waals surface area (Å²) < 4.78 is 0. The summed E-state index contributed by atoms with van der Waals surface area (Å²) in [6, 6.07) is 8.77. The Labute approximate surface area is 110 Å². The van der Waals surface area contributed by atoms with Crippen molar-refractivity contribution in [2.24, 2.45) is 0 Å². The topological polar surface area (TPSA) is 90.7 Å². The summed E-state index contributed by atoms with van der Waals surface area (Å²) in [4.78, 5) is 20.0. The largest absolute Gasteiger partial charge is 0.372 e. The fraction of sp³-hybridized carbons (Fsp3) is 0.0769. The van der Waals surface area contributed by atoms with Gasteiger partial charge in [0.2, 0.25) is 0 Å². The molecule has 19 heavy (non-hydrogen) atoms. The molecule has 0 unspecified atom stereocenters. The lowest BCUT2D eigenvalue weighted by Gasteiger charge is -2.06. The highest BCUT2D eigenvalue weighted by Gasteiger charge is 2.11. The van der Waals surface area contributed by atoms with E-state index in [9.17, 15) is 4.79 Å². The Kier molecular flexibility index (Phi) is 3.69. The van der Waals surface area contributed by atoms with Gasteiger partial charge >= 0.3 is 0 Å². The van der Waals surface area contributed by atoms with Crippen LogP contribution >= 0.6 is 0 Å². The molecule has 6 heteroatoms. The molecule has 0 spiro atoms. The van der Waals surface area contributed by atoms with Crippen molar-refractivity contribution in [3.63, 3.8) is 0 Å². The van der Waals surface area contributed by atoms with E-state index in [0.717, 1.165) is 0 Å². The number of nitrogens with zero attached hydrogens (tertiary/aromatic N) is 3. The number of rotatable bonds is 3. The summed E-state index contributed by atoms with van der Waals surface area (Å²) in [7, 11) is 1.69. The van der Waals surface area contributed by atoms with Gasteiger partial charge in [-0.15, -0.1) is 0 Å². The SMILES string of the molecule is CNc1cncc(C(=O)Nc2ccccc2C#N)n1. The van der Waals surface area contributed by atoms with Gasteiger partial charge in [0.05, 0.1) is 23.6 Å². The average molecular weight is 253 g/mol. The zero-order valence-corrected chi connectivity index (χ0v) is 10.2. The Hall–Kier alpha value is -2.94. The molecule has 0 bridgehead atoms. The molecule has 2 aromatic rings. The molecule has 94 valence electrons. The second-order valence-corrected chi connectivity index (χ2v) is 3.65. The van der Waals surface area contributed by atoms with Crippen LogP contribution in [0, 0.1) is 11.3 Å². The van der Waals surface area contributed by atoms with Crippen LogP contribution in [0.5, 0.6) is 0 Å². The van der Waals surface area contributed by atoms with E-state index in [1.807, 2.05) is 6.07 Å². The maximum absolute atomic E-state index is 12.0. The van der Waals surface area contributed by atoms with Gasteiger partial charge in [-0.1, -0.05) is 12.1 Å². The number of benzene rings is 1. The van der Waals surface area contributed by atoms with Gasteiger partial charge in [0.25, 0.3) is 5.91 Å². The van der Waals surface area contributed by atoms with Crippen LogP contribution in [0.3, 0.4) is 0 Å². The van der Waals surface area contributed by atoms with Crippen molar-refractivity contribution < 1.29 is 4.79 Å². The van der Waals surface area contributed by atoms with Crippen LogP contribution in [0.15, 0.2) is 36.7 Å². The molecule has 0 radical (unpaired) electrons. The van der Waals surface area contributed by atoms with E-state index < -0.39 is 5.91 Å². The average Bonchev–Trinajstić information content (AvgIpc) is 2.47. The van der Waals surface area contributed by atoms with Crippen LogP contribution in [-0.4, -0.2) is 22.9 Å². The molecule has 0 aliphatic rings. The highest BCUT2D eigenvalue weighted by molar-refractivity contribution is 6.03. The van der Waals surface area contributed by atoms with Crippen LogP contribution in [0.25, 0.3) is 0 Å². The van der Waals surface area contributed by atoms with E-state index in [4.69, 9.17) is 5.26 Å². The monoisotopic (exact) mass is 253 g/mol. The van der Waals surface area contributed by atoms with E-state index in [-0.39, 0.29) is 5.69 Å². The van der Waals surface area contributed by atoms with Crippen molar-refractivity contribution in [2.45, 2.75) is 0 Å². The Balaban J connectivity index is 2.23. The highest BCUT2D eigenvalue weighted by Crippen LogP contribution is 2.14. The van der Waals surface area contributed by atoms with Crippen molar-refractivity contribution in [3.8, 4) is 6.07 Å². The Morgan fingerprint density at radius 1 is 1.32 bits per heavy atom. The van der Waals surface area contributed by atoms with E-state index in [1.54, 1.807) is 31.3 Å². The number of carbonyl (C=O) groups is 1. The number of hydrogen-bond donors (Lipinski definition) is 2. The Bertz CT molecular complexity index is 647. The summed E-state index contributed by atoms with van der Waals surface area (Å²) in [5.41, 5.74) is 1.03. The number of nitrogens with one attached hydrogen (secondary N) is 2. The van der Waals surface area contributed by atoms with Crippen LogP contribution in [0.4, 0.5) is 11.5 Å². The molecular formula is C13H11N5O. The minimum atomic E-state index is -0.410. The molecule has 0 saturated carbocycles. The molecule has 0 aliphatic heterocycles. The molecule has 2 rings (SSSR count). The lowest BCUT2D eigenvalue weighted by molar-refractivity contribution is 0.102. The lowest BCUT2D eigenvalue weighted by Crippen LogP contribution is -2.15. The molecule has 1 aromatic heterocycles. The van der Waals surface area contributed by atoms with Gasteiger partial charge in [-0.2, -0.15) is 5.26 Å². The number of hydrogen-bond acceptors (Lipinski definition) is 5. The summed E-state index contributed by atoms with van der Waals surface area (Å²) in [5, 5.41) is 14.4. The van der Waals surface area contributed by atoms with Gasteiger partial charge in [0.1, 0.15) is 17.6 Å². The number of carbonyl (C=O) groups excluding carboxylic acids is 1. The molecule has 0 aliphatic carbocycles. The molecule has 0 saturated heterocycles. The first kappa shape index (κ1) is 12.5. The fourth-order valence-electron chi connectivity index (χ4n) is 1.47. The van der Waals surface area contributed by atoms with Crippen molar-refractivity contribution in [1.82, 2.24) is 9.97 Å².